The molecule has 0 saturated carbocycles. The average Bonchev–Trinajstić information content (AvgIpc) is 2.31. The van der Waals surface area contributed by atoms with Crippen LogP contribution in [0.4, 0.5) is 10.5 Å². The van der Waals surface area contributed by atoms with Crippen LogP contribution < -0.4 is 5.32 Å². The van der Waals surface area contributed by atoms with E-state index in [4.69, 9.17) is 27.9 Å². The molecule has 19 heavy (non-hydrogen) atoms. The molecule has 2 atom stereocenters. The van der Waals surface area contributed by atoms with Gasteiger partial charge in [-0.3, -0.25) is 0 Å². The molecule has 1 aliphatic heterocycles. The van der Waals surface area contributed by atoms with Crippen LogP contribution in [0.15, 0.2) is 18.2 Å². The lowest BCUT2D eigenvalue weighted by molar-refractivity contribution is -0.0530. The number of nitrogens with zero attached hydrogens (tertiary/aromatic N) is 1. The van der Waals surface area contributed by atoms with E-state index in [2.05, 4.69) is 5.32 Å². The molecule has 4 nitrogen and oxygen atoms in total. The van der Waals surface area contributed by atoms with Crippen LogP contribution in [-0.2, 0) is 4.74 Å². The third-order valence-corrected chi connectivity index (χ3v) is 3.43. The number of anilines is 1. The van der Waals surface area contributed by atoms with E-state index in [0.29, 0.717) is 28.8 Å². The van der Waals surface area contributed by atoms with Gasteiger partial charge in [0.2, 0.25) is 0 Å². The molecule has 0 aromatic heterocycles. The third-order valence-electron chi connectivity index (χ3n) is 2.88. The summed E-state index contributed by atoms with van der Waals surface area (Å²) in [4.78, 5) is 13.9. The molecule has 0 bridgehead atoms. The maximum atomic E-state index is 12.2. The van der Waals surface area contributed by atoms with Crippen LogP contribution in [0.3, 0.4) is 0 Å². The molecule has 104 valence electrons. The lowest BCUT2D eigenvalue weighted by Crippen LogP contribution is -2.49. The van der Waals surface area contributed by atoms with Gasteiger partial charge >= 0.3 is 6.03 Å². The fourth-order valence-corrected chi connectivity index (χ4v) is 2.58. The number of amides is 2. The first-order valence-electron chi connectivity index (χ1n) is 6.12. The number of ether oxygens (including phenoxy) is 1. The Kier molecular flexibility index (Phi) is 4.55. The van der Waals surface area contributed by atoms with E-state index in [0.717, 1.165) is 0 Å². The minimum Gasteiger partial charge on any atom is -0.372 e. The monoisotopic (exact) mass is 302 g/mol. The summed E-state index contributed by atoms with van der Waals surface area (Å²) >= 11 is 11.8. The van der Waals surface area contributed by atoms with Gasteiger partial charge in [0.15, 0.2) is 0 Å². The van der Waals surface area contributed by atoms with E-state index >= 15 is 0 Å². The third kappa shape index (κ3) is 3.75. The number of morpholine rings is 1. The average molecular weight is 303 g/mol. The summed E-state index contributed by atoms with van der Waals surface area (Å²) in [6, 6.07) is 4.80. The highest BCUT2D eigenvalue weighted by atomic mass is 35.5. The Bertz CT molecular complexity index is 472. The van der Waals surface area contributed by atoms with Crippen LogP contribution in [0.25, 0.3) is 0 Å². The zero-order chi connectivity index (χ0) is 14.0. The molecule has 1 N–H and O–H groups in total. The molecule has 0 radical (unpaired) electrons. The number of benzene rings is 1. The maximum absolute atomic E-state index is 12.2. The molecule has 1 saturated heterocycles. The minimum atomic E-state index is -0.175. The Hall–Kier alpha value is -0.970. The number of halogens is 2. The SMILES string of the molecule is C[C@@H]1CN(C(=O)Nc2ccc(Cl)cc2Cl)C[C@@H](C)O1. The second-order valence-corrected chi connectivity index (χ2v) is 5.56. The van der Waals surface area contributed by atoms with Crippen molar-refractivity contribution in [2.75, 3.05) is 18.4 Å². The number of nitrogens with one attached hydrogen (secondary N) is 1. The molecule has 1 aliphatic rings. The van der Waals surface area contributed by atoms with Gasteiger partial charge in [0.05, 0.1) is 22.9 Å². The Morgan fingerprint density at radius 3 is 2.53 bits per heavy atom. The molecule has 0 aliphatic carbocycles. The van der Waals surface area contributed by atoms with Crippen LogP contribution in [0.5, 0.6) is 0 Å². The smallest absolute Gasteiger partial charge is 0.322 e. The minimum absolute atomic E-state index is 0.0372. The van der Waals surface area contributed by atoms with Crippen LogP contribution in [-0.4, -0.2) is 36.2 Å². The van der Waals surface area contributed by atoms with E-state index in [1.807, 2.05) is 13.8 Å². The molecule has 1 heterocycles. The lowest BCUT2D eigenvalue weighted by atomic mass is 10.2. The first-order chi connectivity index (χ1) is 8.95. The van der Waals surface area contributed by atoms with Gasteiger partial charge in [0, 0.05) is 18.1 Å². The summed E-state index contributed by atoms with van der Waals surface area (Å²) in [7, 11) is 0. The van der Waals surface area contributed by atoms with Crippen molar-refractivity contribution < 1.29 is 9.53 Å². The van der Waals surface area contributed by atoms with Crippen molar-refractivity contribution >= 4 is 34.9 Å². The maximum Gasteiger partial charge on any atom is 0.322 e. The van der Waals surface area contributed by atoms with Gasteiger partial charge in [-0.15, -0.1) is 0 Å². The van der Waals surface area contributed by atoms with Crippen LogP contribution in [0.1, 0.15) is 13.8 Å². The topological polar surface area (TPSA) is 41.6 Å². The Morgan fingerprint density at radius 1 is 1.32 bits per heavy atom. The van der Waals surface area contributed by atoms with Crippen molar-refractivity contribution in [3.63, 3.8) is 0 Å². The van der Waals surface area contributed by atoms with Gasteiger partial charge in [0.1, 0.15) is 0 Å². The molecule has 1 aromatic carbocycles. The first-order valence-corrected chi connectivity index (χ1v) is 6.87. The highest BCUT2D eigenvalue weighted by molar-refractivity contribution is 6.36. The summed E-state index contributed by atoms with van der Waals surface area (Å²) in [6.45, 7) is 5.04. The molecular weight excluding hydrogens is 287 g/mol. The number of hydrogen-bond donors (Lipinski definition) is 1. The second kappa shape index (κ2) is 5.99. The van der Waals surface area contributed by atoms with E-state index in [9.17, 15) is 4.79 Å². The van der Waals surface area contributed by atoms with E-state index in [-0.39, 0.29) is 18.2 Å². The van der Waals surface area contributed by atoms with Crippen LogP contribution >= 0.6 is 23.2 Å². The summed E-state index contributed by atoms with van der Waals surface area (Å²) in [5.74, 6) is 0. The first kappa shape index (κ1) is 14.4. The number of carbonyl (C=O) groups is 1. The molecule has 0 spiro atoms. The number of rotatable bonds is 1. The molecule has 1 aromatic rings. The highest BCUT2D eigenvalue weighted by Gasteiger charge is 2.26. The van der Waals surface area contributed by atoms with Crippen molar-refractivity contribution in [1.82, 2.24) is 4.90 Å². The molecule has 2 amide bonds. The fraction of sp³-hybridized carbons (Fsp3) is 0.462. The van der Waals surface area contributed by atoms with Crippen molar-refractivity contribution in [3.05, 3.63) is 28.2 Å². The van der Waals surface area contributed by atoms with Crippen molar-refractivity contribution in [3.8, 4) is 0 Å². The summed E-state index contributed by atoms with van der Waals surface area (Å²) < 4.78 is 5.59. The molecule has 0 unspecified atom stereocenters. The van der Waals surface area contributed by atoms with Gasteiger partial charge in [-0.05, 0) is 32.0 Å². The predicted molar refractivity (Wildman–Crippen MR) is 77.1 cm³/mol. The lowest BCUT2D eigenvalue weighted by Gasteiger charge is -2.35. The summed E-state index contributed by atoms with van der Waals surface area (Å²) in [5, 5.41) is 3.75. The normalized spacial score (nSPS) is 23.3. The van der Waals surface area contributed by atoms with E-state index < -0.39 is 0 Å². The van der Waals surface area contributed by atoms with Gasteiger partial charge < -0.3 is 15.0 Å². The standard InChI is InChI=1S/C13H16Cl2N2O2/c1-8-6-17(7-9(2)19-8)13(18)16-12-4-3-10(14)5-11(12)15/h3-5,8-9H,6-7H2,1-2H3,(H,16,18)/t8-,9-/m1/s1. The zero-order valence-electron chi connectivity index (χ0n) is 10.8. The summed E-state index contributed by atoms with van der Waals surface area (Å²) in [5.41, 5.74) is 0.558. The molecular formula is C13H16Cl2N2O2. The largest absolute Gasteiger partial charge is 0.372 e. The quantitative estimate of drug-likeness (QED) is 0.860. The Morgan fingerprint density at radius 2 is 1.95 bits per heavy atom. The molecule has 6 heteroatoms. The van der Waals surface area contributed by atoms with Gasteiger partial charge in [-0.25, -0.2) is 4.79 Å². The fourth-order valence-electron chi connectivity index (χ4n) is 2.13. The number of hydrogen-bond acceptors (Lipinski definition) is 2. The van der Waals surface area contributed by atoms with Crippen LogP contribution in [0.2, 0.25) is 10.0 Å². The zero-order valence-corrected chi connectivity index (χ0v) is 12.3. The van der Waals surface area contributed by atoms with Crippen molar-refractivity contribution in [1.29, 1.82) is 0 Å². The van der Waals surface area contributed by atoms with Crippen molar-refractivity contribution in [2.45, 2.75) is 26.1 Å². The highest BCUT2D eigenvalue weighted by Crippen LogP contribution is 2.25. The van der Waals surface area contributed by atoms with E-state index in [1.165, 1.54) is 0 Å². The summed E-state index contributed by atoms with van der Waals surface area (Å²) in [6.07, 6.45) is 0.0744. The molecule has 1 fully saturated rings. The van der Waals surface area contributed by atoms with Crippen LogP contribution in [0, 0.1) is 0 Å². The predicted octanol–water partition coefficient (Wildman–Crippen LogP) is 3.63. The van der Waals surface area contributed by atoms with E-state index in [1.54, 1.807) is 23.1 Å². The second-order valence-electron chi connectivity index (χ2n) is 4.72. The Balaban J connectivity index is 2.04. The Labute approximate surface area is 122 Å². The van der Waals surface area contributed by atoms with Gasteiger partial charge in [-0.1, -0.05) is 23.2 Å². The number of carbonyl (C=O) groups excluding carboxylic acids is 1. The molecule has 2 rings (SSSR count). The van der Waals surface area contributed by atoms with Gasteiger partial charge in [-0.2, -0.15) is 0 Å². The number of urea groups is 1. The van der Waals surface area contributed by atoms with Gasteiger partial charge in [0.25, 0.3) is 0 Å². The van der Waals surface area contributed by atoms with Crippen molar-refractivity contribution in [2.24, 2.45) is 0 Å².